The third kappa shape index (κ3) is 5.25. The Hall–Kier alpha value is -1.63. The molecular formula is C12H13F2NO3S. The van der Waals surface area contributed by atoms with Gasteiger partial charge >= 0.3 is 5.97 Å². The SMILES string of the molecule is CC(=O)N[C@@H](CSCc1cc(F)ccc1F)C(=O)O. The molecule has 0 aliphatic carbocycles. The molecule has 0 heterocycles. The highest BCUT2D eigenvalue weighted by molar-refractivity contribution is 7.98. The zero-order chi connectivity index (χ0) is 14.4. The van der Waals surface area contributed by atoms with Crippen molar-refractivity contribution in [1.82, 2.24) is 5.32 Å². The van der Waals surface area contributed by atoms with Gasteiger partial charge in [-0.05, 0) is 18.2 Å². The van der Waals surface area contributed by atoms with Crippen molar-refractivity contribution >= 4 is 23.6 Å². The lowest BCUT2D eigenvalue weighted by atomic mass is 10.2. The van der Waals surface area contributed by atoms with E-state index < -0.39 is 29.6 Å². The van der Waals surface area contributed by atoms with Crippen LogP contribution in [0.1, 0.15) is 12.5 Å². The minimum absolute atomic E-state index is 0.0743. The molecule has 4 nitrogen and oxygen atoms in total. The molecule has 0 aliphatic rings. The molecule has 1 atom stereocenters. The number of nitrogens with one attached hydrogen (secondary N) is 1. The maximum Gasteiger partial charge on any atom is 0.327 e. The number of rotatable bonds is 6. The third-order valence-corrected chi connectivity index (χ3v) is 3.31. The predicted octanol–water partition coefficient (Wildman–Crippen LogP) is 1.79. The number of hydrogen-bond donors (Lipinski definition) is 2. The van der Waals surface area contributed by atoms with Crippen molar-refractivity contribution < 1.29 is 23.5 Å². The van der Waals surface area contributed by atoms with Crippen molar-refractivity contribution in [3.8, 4) is 0 Å². The molecule has 0 aliphatic heterocycles. The first kappa shape index (κ1) is 15.4. The van der Waals surface area contributed by atoms with Crippen molar-refractivity contribution in [2.75, 3.05) is 5.75 Å². The molecule has 1 rings (SSSR count). The standard InChI is InChI=1S/C12H13F2NO3S/c1-7(16)15-11(12(17)18)6-19-5-8-4-9(13)2-3-10(8)14/h2-4,11H,5-6H2,1H3,(H,15,16)(H,17,18)/t11-/m0/s1. The number of benzene rings is 1. The number of carboxylic acids is 1. The molecule has 0 radical (unpaired) electrons. The summed E-state index contributed by atoms with van der Waals surface area (Å²) in [5.41, 5.74) is 0.164. The van der Waals surface area contributed by atoms with Gasteiger partial charge in [-0.25, -0.2) is 13.6 Å². The summed E-state index contributed by atoms with van der Waals surface area (Å²) >= 11 is 1.11. The molecular weight excluding hydrogens is 276 g/mol. The van der Waals surface area contributed by atoms with Crippen LogP contribution in [0.2, 0.25) is 0 Å². The number of aliphatic carboxylic acids is 1. The van der Waals surface area contributed by atoms with E-state index in [-0.39, 0.29) is 17.1 Å². The zero-order valence-corrected chi connectivity index (χ0v) is 11.0. The highest BCUT2D eigenvalue weighted by Gasteiger charge is 2.18. The fourth-order valence-electron chi connectivity index (χ4n) is 1.36. The summed E-state index contributed by atoms with van der Waals surface area (Å²) in [4.78, 5) is 21.6. The van der Waals surface area contributed by atoms with Gasteiger partial charge in [0.05, 0.1) is 0 Å². The maximum atomic E-state index is 13.3. The molecule has 0 saturated carbocycles. The molecule has 1 amide bonds. The molecule has 0 aromatic heterocycles. The van der Waals surface area contributed by atoms with Gasteiger partial charge in [0.1, 0.15) is 17.7 Å². The quantitative estimate of drug-likeness (QED) is 0.838. The van der Waals surface area contributed by atoms with E-state index >= 15 is 0 Å². The van der Waals surface area contributed by atoms with E-state index in [0.29, 0.717) is 0 Å². The monoisotopic (exact) mass is 289 g/mol. The van der Waals surface area contributed by atoms with Crippen molar-refractivity contribution in [3.05, 3.63) is 35.4 Å². The van der Waals surface area contributed by atoms with Crippen LogP contribution in [0.3, 0.4) is 0 Å². The second kappa shape index (κ2) is 7.08. The number of carbonyl (C=O) groups excluding carboxylic acids is 1. The van der Waals surface area contributed by atoms with E-state index in [1.54, 1.807) is 0 Å². The van der Waals surface area contributed by atoms with Gasteiger partial charge in [-0.1, -0.05) is 0 Å². The molecule has 7 heteroatoms. The minimum atomic E-state index is -1.16. The van der Waals surface area contributed by atoms with E-state index in [9.17, 15) is 18.4 Å². The summed E-state index contributed by atoms with van der Waals surface area (Å²) in [7, 11) is 0. The number of halogens is 2. The van der Waals surface area contributed by atoms with Crippen molar-refractivity contribution in [2.24, 2.45) is 0 Å². The second-order valence-electron chi connectivity index (χ2n) is 3.84. The van der Waals surface area contributed by atoms with E-state index in [1.165, 1.54) is 6.92 Å². The molecule has 0 bridgehead atoms. The topological polar surface area (TPSA) is 66.4 Å². The summed E-state index contributed by atoms with van der Waals surface area (Å²) in [6.07, 6.45) is 0. The highest BCUT2D eigenvalue weighted by atomic mass is 32.2. The Morgan fingerprint density at radius 3 is 2.68 bits per heavy atom. The highest BCUT2D eigenvalue weighted by Crippen LogP contribution is 2.17. The van der Waals surface area contributed by atoms with Gasteiger partial charge in [0.25, 0.3) is 0 Å². The summed E-state index contributed by atoms with van der Waals surface area (Å²) in [6, 6.07) is 2.06. The number of hydrogen-bond acceptors (Lipinski definition) is 3. The third-order valence-electron chi connectivity index (χ3n) is 2.23. The van der Waals surface area contributed by atoms with Gasteiger partial charge in [-0.15, -0.1) is 0 Å². The Kier molecular flexibility index (Phi) is 5.75. The lowest BCUT2D eigenvalue weighted by molar-refractivity contribution is -0.140. The zero-order valence-electron chi connectivity index (χ0n) is 10.2. The number of amides is 1. The van der Waals surface area contributed by atoms with Crippen LogP contribution >= 0.6 is 11.8 Å². The fraction of sp³-hybridized carbons (Fsp3) is 0.333. The Bertz CT molecular complexity index is 482. The number of carboxylic acid groups (broad SMARTS) is 1. The van der Waals surface area contributed by atoms with Crippen LogP contribution in [0.15, 0.2) is 18.2 Å². The largest absolute Gasteiger partial charge is 0.480 e. The first-order valence-electron chi connectivity index (χ1n) is 5.41. The average molecular weight is 289 g/mol. The van der Waals surface area contributed by atoms with Crippen molar-refractivity contribution in [2.45, 2.75) is 18.7 Å². The predicted molar refractivity (Wildman–Crippen MR) is 67.8 cm³/mol. The van der Waals surface area contributed by atoms with E-state index in [1.807, 2.05) is 0 Å². The van der Waals surface area contributed by atoms with E-state index in [0.717, 1.165) is 30.0 Å². The molecule has 0 spiro atoms. The van der Waals surface area contributed by atoms with E-state index in [4.69, 9.17) is 5.11 Å². The Balaban J connectivity index is 2.54. The minimum Gasteiger partial charge on any atom is -0.480 e. The van der Waals surface area contributed by atoms with Gasteiger partial charge in [0, 0.05) is 24.0 Å². The first-order valence-corrected chi connectivity index (χ1v) is 6.57. The van der Waals surface area contributed by atoms with Gasteiger partial charge in [-0.3, -0.25) is 4.79 Å². The van der Waals surface area contributed by atoms with Crippen LogP contribution in [-0.4, -0.2) is 28.8 Å². The summed E-state index contributed by atoms with van der Waals surface area (Å²) in [5.74, 6) is -2.50. The summed E-state index contributed by atoms with van der Waals surface area (Å²) in [5, 5.41) is 11.1. The summed E-state index contributed by atoms with van der Waals surface area (Å²) < 4.78 is 26.2. The van der Waals surface area contributed by atoms with Gasteiger partial charge in [0.2, 0.25) is 5.91 Å². The van der Waals surface area contributed by atoms with Crippen LogP contribution in [0.5, 0.6) is 0 Å². The average Bonchev–Trinajstić information content (AvgIpc) is 2.31. The molecule has 1 aromatic carbocycles. The first-order chi connectivity index (χ1) is 8.90. The molecule has 1 aromatic rings. The smallest absolute Gasteiger partial charge is 0.327 e. The lowest BCUT2D eigenvalue weighted by Crippen LogP contribution is -2.41. The number of thioether (sulfide) groups is 1. The summed E-state index contributed by atoms with van der Waals surface area (Å²) in [6.45, 7) is 1.22. The molecule has 0 unspecified atom stereocenters. The molecule has 0 saturated heterocycles. The van der Waals surface area contributed by atoms with Crippen LogP contribution in [0.4, 0.5) is 8.78 Å². The Morgan fingerprint density at radius 2 is 2.11 bits per heavy atom. The molecule has 2 N–H and O–H groups in total. The molecule has 104 valence electrons. The fourth-order valence-corrected chi connectivity index (χ4v) is 2.38. The second-order valence-corrected chi connectivity index (χ2v) is 4.87. The van der Waals surface area contributed by atoms with E-state index in [2.05, 4.69) is 5.32 Å². The molecule has 19 heavy (non-hydrogen) atoms. The van der Waals surface area contributed by atoms with Crippen molar-refractivity contribution in [3.63, 3.8) is 0 Å². The lowest BCUT2D eigenvalue weighted by Gasteiger charge is -2.12. The Morgan fingerprint density at radius 1 is 1.42 bits per heavy atom. The maximum absolute atomic E-state index is 13.3. The normalized spacial score (nSPS) is 11.9. The van der Waals surface area contributed by atoms with Crippen molar-refractivity contribution in [1.29, 1.82) is 0 Å². The van der Waals surface area contributed by atoms with Crippen LogP contribution < -0.4 is 5.32 Å². The van der Waals surface area contributed by atoms with Gasteiger partial charge in [0.15, 0.2) is 0 Å². The van der Waals surface area contributed by atoms with Crippen LogP contribution in [0.25, 0.3) is 0 Å². The van der Waals surface area contributed by atoms with Crippen LogP contribution in [0, 0.1) is 11.6 Å². The Labute approximate surface area is 113 Å². The van der Waals surface area contributed by atoms with Crippen LogP contribution in [-0.2, 0) is 15.3 Å². The van der Waals surface area contributed by atoms with Gasteiger partial charge < -0.3 is 10.4 Å². The molecule has 0 fully saturated rings. The van der Waals surface area contributed by atoms with Gasteiger partial charge in [-0.2, -0.15) is 11.8 Å². The number of carbonyl (C=O) groups is 2.